The highest BCUT2D eigenvalue weighted by molar-refractivity contribution is 6.38. The maximum absolute atomic E-state index is 12.6. The van der Waals surface area contributed by atoms with Crippen molar-refractivity contribution in [2.24, 2.45) is 11.1 Å². The number of ether oxygens (including phenoxy) is 1. The van der Waals surface area contributed by atoms with Crippen LogP contribution >= 0.6 is 23.2 Å². The summed E-state index contributed by atoms with van der Waals surface area (Å²) in [7, 11) is 0. The third kappa shape index (κ3) is 2.28. The first-order valence-corrected chi connectivity index (χ1v) is 8.66. The topological polar surface area (TPSA) is 47.9 Å². The summed E-state index contributed by atoms with van der Waals surface area (Å²) in [5.41, 5.74) is 4.55. The van der Waals surface area contributed by atoms with Crippen molar-refractivity contribution < 1.29 is 14.4 Å². The van der Waals surface area contributed by atoms with Crippen molar-refractivity contribution in [3.63, 3.8) is 0 Å². The number of nitrogens with zero attached hydrogens (tertiary/aromatic N) is 1. The molecule has 0 saturated heterocycles. The Hall–Kier alpha value is -2.04. The van der Waals surface area contributed by atoms with Crippen LogP contribution in [0.15, 0.2) is 29.4 Å². The molecule has 0 aromatic heterocycles. The molecule has 25 heavy (non-hydrogen) atoms. The number of halogens is 2. The van der Waals surface area contributed by atoms with Gasteiger partial charge in [0.25, 0.3) is 0 Å². The number of benzene rings is 2. The number of oxime groups is 1. The highest BCUT2D eigenvalue weighted by atomic mass is 35.5. The van der Waals surface area contributed by atoms with Crippen LogP contribution in [0.4, 0.5) is 0 Å². The van der Waals surface area contributed by atoms with Gasteiger partial charge in [-0.2, -0.15) is 0 Å². The van der Waals surface area contributed by atoms with Gasteiger partial charge in [0.2, 0.25) is 0 Å². The minimum atomic E-state index is -0.637. The monoisotopic (exact) mass is 375 g/mol. The second-order valence-electron chi connectivity index (χ2n) is 6.32. The van der Waals surface area contributed by atoms with E-state index < -0.39 is 12.0 Å². The van der Waals surface area contributed by atoms with Crippen LogP contribution in [-0.2, 0) is 9.63 Å². The molecule has 0 amide bonds. The summed E-state index contributed by atoms with van der Waals surface area (Å²) >= 11 is 12.9. The van der Waals surface area contributed by atoms with E-state index in [1.54, 1.807) is 6.07 Å². The molecule has 0 saturated carbocycles. The van der Waals surface area contributed by atoms with E-state index in [-0.39, 0.29) is 5.97 Å². The molecule has 2 heterocycles. The van der Waals surface area contributed by atoms with Gasteiger partial charge in [-0.1, -0.05) is 46.6 Å². The number of esters is 1. The largest absolute Gasteiger partial charge is 0.425 e. The van der Waals surface area contributed by atoms with E-state index in [9.17, 15) is 4.79 Å². The van der Waals surface area contributed by atoms with E-state index in [1.165, 1.54) is 0 Å². The fourth-order valence-corrected chi connectivity index (χ4v) is 4.00. The third-order valence-corrected chi connectivity index (χ3v) is 6.01. The molecule has 2 aromatic carbocycles. The lowest BCUT2D eigenvalue weighted by Gasteiger charge is -2.26. The van der Waals surface area contributed by atoms with Crippen LogP contribution in [0.1, 0.15) is 33.9 Å². The molecular formula is C19H15Cl2NO3. The Bertz CT molecular complexity index is 923. The molecule has 0 N–H and O–H groups in total. The van der Waals surface area contributed by atoms with Gasteiger partial charge in [-0.3, -0.25) is 4.79 Å². The number of carbonyl (C=O) groups excluding carboxylic acids is 1. The van der Waals surface area contributed by atoms with Crippen molar-refractivity contribution in [1.29, 1.82) is 0 Å². The van der Waals surface area contributed by atoms with Crippen molar-refractivity contribution in [2.75, 3.05) is 0 Å². The van der Waals surface area contributed by atoms with E-state index in [0.717, 1.165) is 27.8 Å². The predicted octanol–water partition coefficient (Wildman–Crippen LogP) is 4.93. The molecule has 2 atom stereocenters. The van der Waals surface area contributed by atoms with Gasteiger partial charge in [-0.05, 0) is 43.5 Å². The van der Waals surface area contributed by atoms with Crippen LogP contribution in [0.25, 0.3) is 0 Å². The van der Waals surface area contributed by atoms with Gasteiger partial charge in [0.1, 0.15) is 17.4 Å². The Balaban J connectivity index is 1.87. The summed E-state index contributed by atoms with van der Waals surface area (Å²) in [5, 5.41) is 5.37. The number of carbonyl (C=O) groups is 1. The standard InChI is InChI=1S/C19H15Cl2NO3/c1-8-13(9(2)16(21)10(3)15(8)20)17-14-18(25-22-17)11-6-4-5-7-12(11)24-19(14)23/h4-7,14,18H,1-3H3/t14-,18-/m1/s1. The van der Waals surface area contributed by atoms with Gasteiger partial charge in [0.15, 0.2) is 6.10 Å². The molecular weight excluding hydrogens is 361 g/mol. The van der Waals surface area contributed by atoms with E-state index in [2.05, 4.69) is 5.16 Å². The first-order chi connectivity index (χ1) is 11.9. The zero-order valence-electron chi connectivity index (χ0n) is 13.9. The average Bonchev–Trinajstić information content (AvgIpc) is 3.04. The van der Waals surface area contributed by atoms with Crippen molar-refractivity contribution in [1.82, 2.24) is 0 Å². The molecule has 2 aromatic rings. The van der Waals surface area contributed by atoms with Crippen molar-refractivity contribution >= 4 is 34.9 Å². The average molecular weight is 376 g/mol. The van der Waals surface area contributed by atoms with Crippen molar-refractivity contribution in [3.8, 4) is 5.75 Å². The van der Waals surface area contributed by atoms with E-state index in [0.29, 0.717) is 21.5 Å². The van der Waals surface area contributed by atoms with E-state index >= 15 is 0 Å². The third-order valence-electron chi connectivity index (χ3n) is 4.88. The zero-order chi connectivity index (χ0) is 17.9. The Morgan fingerprint density at radius 2 is 1.64 bits per heavy atom. The molecule has 4 nitrogen and oxygen atoms in total. The predicted molar refractivity (Wildman–Crippen MR) is 96.6 cm³/mol. The summed E-state index contributed by atoms with van der Waals surface area (Å²) in [6.07, 6.45) is -0.495. The maximum atomic E-state index is 12.6. The normalized spacial score (nSPS) is 21.2. The molecule has 0 unspecified atom stereocenters. The minimum absolute atomic E-state index is 0.383. The number of rotatable bonds is 1. The van der Waals surface area contributed by atoms with Gasteiger partial charge < -0.3 is 9.57 Å². The van der Waals surface area contributed by atoms with E-state index in [1.807, 2.05) is 39.0 Å². The van der Waals surface area contributed by atoms with Crippen LogP contribution in [0.5, 0.6) is 5.75 Å². The van der Waals surface area contributed by atoms with Crippen molar-refractivity contribution in [3.05, 3.63) is 62.1 Å². The molecule has 0 bridgehead atoms. The lowest BCUT2D eigenvalue weighted by molar-refractivity contribution is -0.142. The van der Waals surface area contributed by atoms with Crippen LogP contribution in [0.3, 0.4) is 0 Å². The maximum Gasteiger partial charge on any atom is 0.324 e. The van der Waals surface area contributed by atoms with Gasteiger partial charge >= 0.3 is 5.97 Å². The molecule has 0 aliphatic carbocycles. The summed E-state index contributed by atoms with van der Waals surface area (Å²) in [6.45, 7) is 5.66. The van der Waals surface area contributed by atoms with Gasteiger partial charge in [0, 0.05) is 21.2 Å². The molecule has 0 radical (unpaired) electrons. The number of fused-ring (bicyclic) bond motifs is 3. The number of hydrogen-bond acceptors (Lipinski definition) is 4. The fraction of sp³-hybridized carbons (Fsp3) is 0.263. The Labute approximate surface area is 155 Å². The molecule has 6 heteroatoms. The van der Waals surface area contributed by atoms with Crippen molar-refractivity contribution in [2.45, 2.75) is 26.9 Å². The van der Waals surface area contributed by atoms with Crippen LogP contribution < -0.4 is 4.74 Å². The zero-order valence-corrected chi connectivity index (χ0v) is 15.4. The lowest BCUT2D eigenvalue weighted by Crippen LogP contribution is -2.35. The molecule has 2 aliphatic rings. The fourth-order valence-electron chi connectivity index (χ4n) is 3.57. The molecule has 2 aliphatic heterocycles. The number of hydrogen-bond donors (Lipinski definition) is 0. The van der Waals surface area contributed by atoms with Crippen LogP contribution in [0, 0.1) is 26.7 Å². The highest BCUT2D eigenvalue weighted by Gasteiger charge is 2.48. The Morgan fingerprint density at radius 3 is 2.32 bits per heavy atom. The quantitative estimate of drug-likeness (QED) is 0.524. The second kappa shape index (κ2) is 5.75. The van der Waals surface area contributed by atoms with Crippen LogP contribution in [-0.4, -0.2) is 11.7 Å². The first-order valence-electron chi connectivity index (χ1n) is 7.91. The first kappa shape index (κ1) is 16.4. The lowest BCUT2D eigenvalue weighted by atomic mass is 9.83. The smallest absolute Gasteiger partial charge is 0.324 e. The highest BCUT2D eigenvalue weighted by Crippen LogP contribution is 2.45. The molecule has 0 fully saturated rings. The summed E-state index contributed by atoms with van der Waals surface area (Å²) in [5.74, 6) is -0.507. The molecule has 4 rings (SSSR count). The molecule has 128 valence electrons. The van der Waals surface area contributed by atoms with E-state index in [4.69, 9.17) is 32.8 Å². The van der Waals surface area contributed by atoms with Gasteiger partial charge in [0.05, 0.1) is 0 Å². The summed E-state index contributed by atoms with van der Waals surface area (Å²) in [6, 6.07) is 7.33. The summed E-state index contributed by atoms with van der Waals surface area (Å²) < 4.78 is 5.50. The minimum Gasteiger partial charge on any atom is -0.425 e. The van der Waals surface area contributed by atoms with Gasteiger partial charge in [-0.15, -0.1) is 0 Å². The number of para-hydroxylation sites is 1. The Kier molecular flexibility index (Phi) is 3.78. The Morgan fingerprint density at radius 1 is 1.00 bits per heavy atom. The van der Waals surface area contributed by atoms with Crippen LogP contribution in [0.2, 0.25) is 10.0 Å². The second-order valence-corrected chi connectivity index (χ2v) is 7.07. The summed E-state index contributed by atoms with van der Waals surface area (Å²) in [4.78, 5) is 18.3. The molecule has 0 spiro atoms. The SMILES string of the molecule is Cc1c(Cl)c(C)c(C2=NO[C@@H]3c4ccccc4OC(=O)[C@H]23)c(C)c1Cl. The van der Waals surface area contributed by atoms with Gasteiger partial charge in [-0.25, -0.2) is 0 Å².